The van der Waals surface area contributed by atoms with Gasteiger partial charge in [0.25, 0.3) is 0 Å². The summed E-state index contributed by atoms with van der Waals surface area (Å²) in [5, 5.41) is 0. The summed E-state index contributed by atoms with van der Waals surface area (Å²) in [4.78, 5) is 16.5. The molecule has 5 aliphatic carbocycles. The van der Waals surface area contributed by atoms with Crippen LogP contribution < -0.4 is 18.9 Å². The summed E-state index contributed by atoms with van der Waals surface area (Å²) in [6.07, 6.45) is 16.5. The maximum absolute atomic E-state index is 13.9. The van der Waals surface area contributed by atoms with Crippen molar-refractivity contribution in [3.05, 3.63) is 46.5 Å². The van der Waals surface area contributed by atoms with Crippen molar-refractivity contribution >= 4 is 17.7 Å². The van der Waals surface area contributed by atoms with E-state index in [0.717, 1.165) is 53.3 Å². The second-order valence-electron chi connectivity index (χ2n) is 14.5. The number of fused-ring (bicyclic) bond motifs is 5. The van der Waals surface area contributed by atoms with Crippen molar-refractivity contribution in [3.8, 4) is 23.0 Å². The second kappa shape index (κ2) is 9.42. The van der Waals surface area contributed by atoms with Gasteiger partial charge in [-0.3, -0.25) is 4.79 Å². The van der Waals surface area contributed by atoms with E-state index >= 15 is 0 Å². The molecule has 42 heavy (non-hydrogen) atoms. The summed E-state index contributed by atoms with van der Waals surface area (Å²) in [5.74, 6) is 5.91. The van der Waals surface area contributed by atoms with E-state index in [1.165, 1.54) is 81.0 Å². The van der Waals surface area contributed by atoms with E-state index < -0.39 is 0 Å². The summed E-state index contributed by atoms with van der Waals surface area (Å²) in [6, 6.07) is 8.65. The molecule has 5 fully saturated rings. The number of carbonyl (C=O) groups is 1. The van der Waals surface area contributed by atoms with Gasteiger partial charge in [0, 0.05) is 23.4 Å². The third-order valence-electron chi connectivity index (χ3n) is 11.9. The number of carbonyl (C=O) groups excluding carboxylic acids is 1. The van der Waals surface area contributed by atoms with Crippen molar-refractivity contribution in [2.45, 2.75) is 83.1 Å². The summed E-state index contributed by atoms with van der Waals surface area (Å²) in [7, 11) is 1.70. The van der Waals surface area contributed by atoms with Crippen LogP contribution in [0.2, 0.25) is 0 Å². The first kappa shape index (κ1) is 25.4. The van der Waals surface area contributed by atoms with Crippen LogP contribution >= 0.6 is 0 Å². The van der Waals surface area contributed by atoms with E-state index in [1.54, 1.807) is 7.11 Å². The molecular formula is C36H41NO5. The fourth-order valence-corrected chi connectivity index (χ4v) is 10.7. The first-order chi connectivity index (χ1) is 20.6. The Morgan fingerprint density at radius 2 is 1.71 bits per heavy atom. The molecule has 4 bridgehead atoms. The quantitative estimate of drug-likeness (QED) is 0.275. The number of nitrogens with zero attached hydrogens (tertiary/aromatic N) is 1. The topological polar surface area (TPSA) is 57.2 Å². The van der Waals surface area contributed by atoms with Crippen LogP contribution in [0.3, 0.4) is 0 Å². The van der Waals surface area contributed by atoms with Gasteiger partial charge >= 0.3 is 5.97 Å². The van der Waals surface area contributed by atoms with Crippen LogP contribution in [-0.4, -0.2) is 31.3 Å². The molecule has 3 aliphatic heterocycles. The third-order valence-corrected chi connectivity index (χ3v) is 11.9. The predicted octanol–water partition coefficient (Wildman–Crippen LogP) is 7.54. The summed E-state index contributed by atoms with van der Waals surface area (Å²) >= 11 is 0. The minimum absolute atomic E-state index is 0.0692. The Bertz CT molecular complexity index is 1450. The summed E-state index contributed by atoms with van der Waals surface area (Å²) < 4.78 is 23.9. The lowest BCUT2D eigenvalue weighted by Crippen LogP contribution is -2.47. The van der Waals surface area contributed by atoms with Crippen LogP contribution in [0.4, 0.5) is 0 Å². The van der Waals surface area contributed by atoms with E-state index in [-0.39, 0.29) is 24.2 Å². The van der Waals surface area contributed by atoms with E-state index in [4.69, 9.17) is 18.9 Å². The molecule has 1 atom stereocenters. The largest absolute Gasteiger partial charge is 0.493 e. The molecular weight excluding hydrogens is 526 g/mol. The highest BCUT2D eigenvalue weighted by atomic mass is 16.7. The van der Waals surface area contributed by atoms with Crippen molar-refractivity contribution in [2.24, 2.45) is 29.1 Å². The van der Waals surface area contributed by atoms with Gasteiger partial charge in [0.15, 0.2) is 23.0 Å². The Labute approximate surface area is 248 Å². The molecule has 0 amide bonds. The zero-order valence-electron chi connectivity index (χ0n) is 24.7. The molecule has 2 aromatic carbocycles. The van der Waals surface area contributed by atoms with Crippen LogP contribution in [-0.2, 0) is 11.2 Å². The molecule has 0 spiro atoms. The number of hydrogen-bond acceptors (Lipinski definition) is 6. The van der Waals surface area contributed by atoms with Crippen molar-refractivity contribution in [3.63, 3.8) is 0 Å². The van der Waals surface area contributed by atoms with Gasteiger partial charge in [0.2, 0.25) is 6.79 Å². The molecule has 2 aromatic rings. The van der Waals surface area contributed by atoms with Crippen molar-refractivity contribution < 1.29 is 23.7 Å². The lowest BCUT2D eigenvalue weighted by Gasteiger charge is -2.56. The van der Waals surface area contributed by atoms with Gasteiger partial charge in [-0.1, -0.05) is 18.9 Å². The van der Waals surface area contributed by atoms with Gasteiger partial charge in [-0.2, -0.15) is 0 Å². The molecule has 5 saturated carbocycles. The molecule has 0 N–H and O–H groups in total. The minimum atomic E-state index is -0.0692. The Balaban J connectivity index is 1.11. The lowest BCUT2D eigenvalue weighted by atomic mass is 9.49. The van der Waals surface area contributed by atoms with Crippen LogP contribution in [0.1, 0.15) is 98.9 Å². The second-order valence-corrected chi connectivity index (χ2v) is 14.5. The zero-order chi connectivity index (χ0) is 28.0. The average Bonchev–Trinajstić information content (AvgIpc) is 3.66. The molecule has 0 saturated heterocycles. The Kier molecular flexibility index (Phi) is 5.69. The minimum Gasteiger partial charge on any atom is -0.493 e. The molecule has 6 nitrogen and oxygen atoms in total. The van der Waals surface area contributed by atoms with Gasteiger partial charge in [-0.25, -0.2) is 0 Å². The van der Waals surface area contributed by atoms with Crippen LogP contribution in [0.25, 0.3) is 11.8 Å². The first-order valence-corrected chi connectivity index (χ1v) is 16.4. The molecule has 220 valence electrons. The number of rotatable bonds is 5. The lowest BCUT2D eigenvalue weighted by molar-refractivity contribution is -0.143. The molecule has 8 aliphatic rings. The first-order valence-electron chi connectivity index (χ1n) is 16.4. The number of methoxy groups -OCH3 is 1. The standard InChI is InChI=1S/C36H41NO5/c1-39-29-7-6-26-13-28-27-15-31-30(40-20-41-31)14-25(27)8-9-37(28)34(24-4-2-3-5-24)33(26)35(29)42-32(38)19-36-16-21-10-22(17-36)12-23(11-21)18-36/h6-7,13-15,21-24,34H,2-5,8-12,16-20H2,1H3. The fraction of sp³-hybridized carbons (Fsp3) is 0.583. The molecule has 0 radical (unpaired) electrons. The van der Waals surface area contributed by atoms with Crippen LogP contribution in [0.5, 0.6) is 23.0 Å². The van der Waals surface area contributed by atoms with Crippen molar-refractivity contribution in [2.75, 3.05) is 20.4 Å². The highest BCUT2D eigenvalue weighted by Gasteiger charge is 2.52. The summed E-state index contributed by atoms with van der Waals surface area (Å²) in [5.41, 5.74) is 6.22. The summed E-state index contributed by atoms with van der Waals surface area (Å²) in [6.45, 7) is 1.21. The highest BCUT2D eigenvalue weighted by molar-refractivity contribution is 5.88. The number of benzene rings is 2. The molecule has 0 aromatic heterocycles. The third kappa shape index (κ3) is 3.92. The predicted molar refractivity (Wildman–Crippen MR) is 159 cm³/mol. The monoisotopic (exact) mass is 567 g/mol. The number of ether oxygens (including phenoxy) is 4. The van der Waals surface area contributed by atoms with E-state index in [0.29, 0.717) is 23.8 Å². The molecule has 3 heterocycles. The van der Waals surface area contributed by atoms with Crippen molar-refractivity contribution in [1.29, 1.82) is 0 Å². The zero-order valence-corrected chi connectivity index (χ0v) is 24.7. The van der Waals surface area contributed by atoms with Gasteiger partial charge in [-0.05, 0) is 122 Å². The van der Waals surface area contributed by atoms with Crippen LogP contribution in [0.15, 0.2) is 24.3 Å². The van der Waals surface area contributed by atoms with Crippen LogP contribution in [0, 0.1) is 29.1 Å². The molecule has 1 unspecified atom stereocenters. The van der Waals surface area contributed by atoms with E-state index in [2.05, 4.69) is 29.2 Å². The Hall–Kier alpha value is -3.15. The smallest absolute Gasteiger partial charge is 0.311 e. The number of hydrogen-bond donors (Lipinski definition) is 0. The molecule has 6 heteroatoms. The van der Waals surface area contributed by atoms with Gasteiger partial charge < -0.3 is 23.8 Å². The van der Waals surface area contributed by atoms with E-state index in [1.807, 2.05) is 6.07 Å². The Morgan fingerprint density at radius 3 is 2.43 bits per heavy atom. The molecule has 10 rings (SSSR count). The average molecular weight is 568 g/mol. The SMILES string of the molecule is COc1ccc2c(c1OC(=O)CC13CC4CC(CC(C4)C1)C3)C(C1CCCC1)N1CCc3cc4c(cc3C1=C2)OCO4. The van der Waals surface area contributed by atoms with Crippen molar-refractivity contribution in [1.82, 2.24) is 4.90 Å². The normalized spacial score (nSPS) is 31.8. The Morgan fingerprint density at radius 1 is 1.00 bits per heavy atom. The van der Waals surface area contributed by atoms with E-state index in [9.17, 15) is 4.79 Å². The fourth-order valence-electron chi connectivity index (χ4n) is 10.7. The van der Waals surface area contributed by atoms with Gasteiger partial charge in [0.1, 0.15) is 0 Å². The number of esters is 1. The maximum atomic E-state index is 13.9. The highest BCUT2D eigenvalue weighted by Crippen LogP contribution is 2.62. The van der Waals surface area contributed by atoms with Gasteiger partial charge in [0.05, 0.1) is 19.6 Å². The van der Waals surface area contributed by atoms with Gasteiger partial charge in [-0.15, -0.1) is 0 Å². The maximum Gasteiger partial charge on any atom is 0.311 e.